The molecule has 0 atom stereocenters. The Morgan fingerprint density at radius 3 is 2.68 bits per heavy atom. The van der Waals surface area contributed by atoms with Crippen LogP contribution in [0.25, 0.3) is 0 Å². The molecule has 0 aliphatic carbocycles. The van der Waals surface area contributed by atoms with Crippen LogP contribution in [0.3, 0.4) is 0 Å². The second kappa shape index (κ2) is 8.67. The fourth-order valence-electron chi connectivity index (χ4n) is 3.04. The van der Waals surface area contributed by atoms with Crippen molar-refractivity contribution in [2.45, 2.75) is 26.9 Å². The van der Waals surface area contributed by atoms with E-state index in [1.165, 1.54) is 11.1 Å². The summed E-state index contributed by atoms with van der Waals surface area (Å²) in [4.78, 5) is 9.60. The third-order valence-corrected chi connectivity index (χ3v) is 4.54. The molecule has 134 valence electrons. The number of guanidine groups is 1. The zero-order chi connectivity index (χ0) is 17.5. The summed E-state index contributed by atoms with van der Waals surface area (Å²) in [6, 6.07) is 10.4. The molecule has 0 amide bonds. The molecule has 0 unspecified atom stereocenters. The molecular formula is C19H27N5O. The smallest absolute Gasteiger partial charge is 0.194 e. The van der Waals surface area contributed by atoms with Gasteiger partial charge in [0.05, 0.1) is 12.2 Å². The van der Waals surface area contributed by atoms with Gasteiger partial charge in [0, 0.05) is 45.3 Å². The lowest BCUT2D eigenvalue weighted by atomic mass is 10.1. The minimum atomic E-state index is 0.716. The molecule has 0 radical (unpaired) electrons. The summed E-state index contributed by atoms with van der Waals surface area (Å²) < 4.78 is 4.91. The highest BCUT2D eigenvalue weighted by Crippen LogP contribution is 2.10. The van der Waals surface area contributed by atoms with Crippen molar-refractivity contribution in [3.63, 3.8) is 0 Å². The molecular weight excluding hydrogens is 314 g/mol. The summed E-state index contributed by atoms with van der Waals surface area (Å²) in [7, 11) is 0. The van der Waals surface area contributed by atoms with Crippen molar-refractivity contribution in [1.29, 1.82) is 0 Å². The van der Waals surface area contributed by atoms with Crippen LogP contribution in [0.4, 0.5) is 0 Å². The summed E-state index contributed by atoms with van der Waals surface area (Å²) in [5, 5.41) is 7.43. The highest BCUT2D eigenvalue weighted by atomic mass is 16.5. The second-order valence-corrected chi connectivity index (χ2v) is 6.35. The Morgan fingerprint density at radius 1 is 1.20 bits per heavy atom. The summed E-state index contributed by atoms with van der Waals surface area (Å²) in [6.07, 6.45) is 1.63. The van der Waals surface area contributed by atoms with Crippen LogP contribution in [-0.4, -0.2) is 53.6 Å². The Morgan fingerprint density at radius 2 is 2.00 bits per heavy atom. The summed E-state index contributed by atoms with van der Waals surface area (Å²) in [5.41, 5.74) is 3.57. The van der Waals surface area contributed by atoms with Crippen LogP contribution < -0.4 is 5.32 Å². The molecule has 0 spiro atoms. The number of hydrogen-bond donors (Lipinski definition) is 1. The van der Waals surface area contributed by atoms with E-state index in [9.17, 15) is 0 Å². The van der Waals surface area contributed by atoms with Crippen molar-refractivity contribution in [3.8, 4) is 0 Å². The fourth-order valence-corrected chi connectivity index (χ4v) is 3.04. The number of aryl methyl sites for hydroxylation is 1. The molecule has 25 heavy (non-hydrogen) atoms. The van der Waals surface area contributed by atoms with E-state index < -0.39 is 0 Å². The number of nitrogens with one attached hydrogen (secondary N) is 1. The molecule has 3 rings (SSSR count). The van der Waals surface area contributed by atoms with Crippen molar-refractivity contribution >= 4 is 5.96 Å². The van der Waals surface area contributed by atoms with E-state index in [1.54, 1.807) is 6.26 Å². The standard InChI is InChI=1S/C19H27N5O/c1-3-20-19(21-14-17-7-5-4-6-16(17)2)24-11-9-23(10-12-24)15-18-8-13-25-22-18/h4-8,13H,3,9-12,14-15H2,1-2H3,(H,20,21). The van der Waals surface area contributed by atoms with Crippen LogP contribution in [-0.2, 0) is 13.1 Å². The first kappa shape index (κ1) is 17.5. The average Bonchev–Trinajstić information content (AvgIpc) is 3.14. The van der Waals surface area contributed by atoms with E-state index in [2.05, 4.69) is 58.4 Å². The van der Waals surface area contributed by atoms with Crippen molar-refractivity contribution in [2.75, 3.05) is 32.7 Å². The summed E-state index contributed by atoms with van der Waals surface area (Å²) >= 11 is 0. The third-order valence-electron chi connectivity index (χ3n) is 4.54. The Bertz CT molecular complexity index is 675. The normalized spacial score (nSPS) is 16.2. The lowest BCUT2D eigenvalue weighted by Crippen LogP contribution is -2.52. The van der Waals surface area contributed by atoms with Gasteiger partial charge in [-0.1, -0.05) is 29.4 Å². The third kappa shape index (κ3) is 4.82. The maximum absolute atomic E-state index is 4.91. The highest BCUT2D eigenvalue weighted by molar-refractivity contribution is 5.80. The quantitative estimate of drug-likeness (QED) is 0.668. The molecule has 1 fully saturated rings. The van der Waals surface area contributed by atoms with Gasteiger partial charge in [-0.2, -0.15) is 0 Å². The topological polar surface area (TPSA) is 56.9 Å². The molecule has 6 heteroatoms. The Balaban J connectivity index is 1.58. The van der Waals surface area contributed by atoms with Gasteiger partial charge < -0.3 is 14.7 Å². The molecule has 1 aliphatic rings. The minimum Gasteiger partial charge on any atom is -0.364 e. The molecule has 1 saturated heterocycles. The van der Waals surface area contributed by atoms with E-state index in [-0.39, 0.29) is 0 Å². The first-order valence-electron chi connectivity index (χ1n) is 8.95. The zero-order valence-electron chi connectivity index (χ0n) is 15.1. The van der Waals surface area contributed by atoms with Crippen LogP contribution in [0.5, 0.6) is 0 Å². The van der Waals surface area contributed by atoms with E-state index in [1.807, 2.05) is 6.07 Å². The molecule has 1 aromatic carbocycles. The van der Waals surface area contributed by atoms with E-state index >= 15 is 0 Å². The van der Waals surface area contributed by atoms with Crippen molar-refractivity contribution in [2.24, 2.45) is 4.99 Å². The SMILES string of the molecule is CCNC(=NCc1ccccc1C)N1CCN(Cc2ccon2)CC1. The average molecular weight is 341 g/mol. The van der Waals surface area contributed by atoms with Gasteiger partial charge in [0.1, 0.15) is 6.26 Å². The molecule has 2 heterocycles. The van der Waals surface area contributed by atoms with Crippen molar-refractivity contribution in [3.05, 3.63) is 53.4 Å². The van der Waals surface area contributed by atoms with Gasteiger partial charge in [0.15, 0.2) is 5.96 Å². The number of aliphatic imine (C=N–C) groups is 1. The van der Waals surface area contributed by atoms with Gasteiger partial charge in [-0.25, -0.2) is 4.99 Å². The van der Waals surface area contributed by atoms with E-state index in [4.69, 9.17) is 9.52 Å². The number of hydrogen-bond acceptors (Lipinski definition) is 4. The largest absolute Gasteiger partial charge is 0.364 e. The van der Waals surface area contributed by atoms with Crippen LogP contribution in [0.15, 0.2) is 46.1 Å². The van der Waals surface area contributed by atoms with Gasteiger partial charge in [-0.3, -0.25) is 4.90 Å². The fraction of sp³-hybridized carbons (Fsp3) is 0.474. The maximum Gasteiger partial charge on any atom is 0.194 e. The maximum atomic E-state index is 4.91. The summed E-state index contributed by atoms with van der Waals surface area (Å²) in [5.74, 6) is 1.01. The van der Waals surface area contributed by atoms with Crippen LogP contribution >= 0.6 is 0 Å². The molecule has 0 saturated carbocycles. The Hall–Kier alpha value is -2.34. The lowest BCUT2D eigenvalue weighted by Gasteiger charge is -2.36. The molecule has 2 aromatic rings. The number of benzene rings is 1. The van der Waals surface area contributed by atoms with Crippen LogP contribution in [0, 0.1) is 6.92 Å². The lowest BCUT2D eigenvalue weighted by molar-refractivity contribution is 0.169. The molecule has 6 nitrogen and oxygen atoms in total. The zero-order valence-corrected chi connectivity index (χ0v) is 15.1. The second-order valence-electron chi connectivity index (χ2n) is 6.35. The number of aromatic nitrogens is 1. The van der Waals surface area contributed by atoms with Crippen LogP contribution in [0.2, 0.25) is 0 Å². The van der Waals surface area contributed by atoms with E-state index in [0.717, 1.165) is 50.9 Å². The van der Waals surface area contributed by atoms with Crippen LogP contribution in [0.1, 0.15) is 23.7 Å². The minimum absolute atomic E-state index is 0.716. The molecule has 1 aliphatic heterocycles. The Labute approximate surface area is 149 Å². The predicted octanol–water partition coefficient (Wildman–Crippen LogP) is 2.27. The predicted molar refractivity (Wildman–Crippen MR) is 99.3 cm³/mol. The molecule has 0 bridgehead atoms. The van der Waals surface area contributed by atoms with Gasteiger partial charge in [0.25, 0.3) is 0 Å². The number of piperazine rings is 1. The monoisotopic (exact) mass is 341 g/mol. The number of rotatable bonds is 5. The van der Waals surface area contributed by atoms with E-state index in [0.29, 0.717) is 6.54 Å². The first-order chi connectivity index (χ1) is 12.3. The molecule has 1 N–H and O–H groups in total. The Kier molecular flexibility index (Phi) is 6.06. The van der Waals surface area contributed by atoms with Gasteiger partial charge in [-0.05, 0) is 25.0 Å². The van der Waals surface area contributed by atoms with Gasteiger partial charge in [0.2, 0.25) is 0 Å². The van der Waals surface area contributed by atoms with Crippen molar-refractivity contribution in [1.82, 2.24) is 20.3 Å². The summed E-state index contributed by atoms with van der Waals surface area (Å²) in [6.45, 7) is 10.6. The van der Waals surface area contributed by atoms with Gasteiger partial charge >= 0.3 is 0 Å². The highest BCUT2D eigenvalue weighted by Gasteiger charge is 2.20. The number of nitrogens with zero attached hydrogens (tertiary/aromatic N) is 4. The molecule has 1 aromatic heterocycles. The van der Waals surface area contributed by atoms with Crippen molar-refractivity contribution < 1.29 is 4.52 Å². The van der Waals surface area contributed by atoms with Gasteiger partial charge in [-0.15, -0.1) is 0 Å². The first-order valence-corrected chi connectivity index (χ1v) is 8.95.